The van der Waals surface area contributed by atoms with Crippen LogP contribution < -0.4 is 5.32 Å². The van der Waals surface area contributed by atoms with Crippen LogP contribution in [0.15, 0.2) is 46.9 Å². The fourth-order valence-corrected chi connectivity index (χ4v) is 3.23. The van der Waals surface area contributed by atoms with Crippen LogP contribution in [0.4, 0.5) is 0 Å². The molecule has 1 saturated heterocycles. The van der Waals surface area contributed by atoms with Gasteiger partial charge in [0.15, 0.2) is 0 Å². The van der Waals surface area contributed by atoms with Crippen LogP contribution in [0.2, 0.25) is 0 Å². The van der Waals surface area contributed by atoms with Crippen molar-refractivity contribution >= 4 is 15.9 Å². The SMILES string of the molecule is Cc1ccc(CC2(c3ccc(Br)cc3)CNC2)cc1C. The summed E-state index contributed by atoms with van der Waals surface area (Å²) >= 11 is 3.52. The molecule has 0 unspecified atom stereocenters. The van der Waals surface area contributed by atoms with Gasteiger partial charge in [0.25, 0.3) is 0 Å². The molecule has 0 radical (unpaired) electrons. The van der Waals surface area contributed by atoms with Gasteiger partial charge >= 0.3 is 0 Å². The van der Waals surface area contributed by atoms with Gasteiger partial charge in [-0.2, -0.15) is 0 Å². The number of benzene rings is 2. The molecule has 2 aromatic rings. The predicted octanol–water partition coefficient (Wildman–Crippen LogP) is 4.15. The van der Waals surface area contributed by atoms with Crippen LogP contribution in [0.5, 0.6) is 0 Å². The highest BCUT2D eigenvalue weighted by molar-refractivity contribution is 9.10. The van der Waals surface area contributed by atoms with E-state index in [1.54, 1.807) is 0 Å². The van der Waals surface area contributed by atoms with E-state index in [0.29, 0.717) is 0 Å². The Morgan fingerprint density at radius 2 is 1.70 bits per heavy atom. The summed E-state index contributed by atoms with van der Waals surface area (Å²) in [6, 6.07) is 15.7. The molecule has 0 saturated carbocycles. The molecule has 1 aliphatic rings. The summed E-state index contributed by atoms with van der Waals surface area (Å²) in [6.45, 7) is 6.52. The van der Waals surface area contributed by atoms with Crippen molar-refractivity contribution < 1.29 is 0 Å². The summed E-state index contributed by atoms with van der Waals surface area (Å²) in [6.07, 6.45) is 1.11. The zero-order valence-corrected chi connectivity index (χ0v) is 13.6. The van der Waals surface area contributed by atoms with Gasteiger partial charge in [-0.15, -0.1) is 0 Å². The number of rotatable bonds is 3. The van der Waals surface area contributed by atoms with E-state index in [1.165, 1.54) is 22.3 Å². The van der Waals surface area contributed by atoms with E-state index < -0.39 is 0 Å². The molecular formula is C18H20BrN. The van der Waals surface area contributed by atoms with E-state index >= 15 is 0 Å². The number of halogens is 1. The average Bonchev–Trinajstić information content (AvgIpc) is 2.39. The molecule has 2 aromatic carbocycles. The summed E-state index contributed by atoms with van der Waals surface area (Å²) in [5.41, 5.74) is 5.91. The van der Waals surface area contributed by atoms with Gasteiger partial charge in [-0.05, 0) is 54.7 Å². The van der Waals surface area contributed by atoms with Gasteiger partial charge in [0.2, 0.25) is 0 Å². The van der Waals surface area contributed by atoms with Gasteiger partial charge < -0.3 is 5.32 Å². The maximum Gasteiger partial charge on any atom is 0.0242 e. The van der Waals surface area contributed by atoms with Crippen molar-refractivity contribution in [2.24, 2.45) is 0 Å². The Balaban J connectivity index is 1.89. The van der Waals surface area contributed by atoms with Crippen LogP contribution in [0.25, 0.3) is 0 Å². The second-order valence-electron chi connectivity index (χ2n) is 5.99. The molecule has 104 valence electrons. The topological polar surface area (TPSA) is 12.0 Å². The first-order valence-electron chi connectivity index (χ1n) is 7.12. The van der Waals surface area contributed by atoms with Crippen LogP contribution in [-0.4, -0.2) is 13.1 Å². The third kappa shape index (κ3) is 2.55. The van der Waals surface area contributed by atoms with Gasteiger partial charge in [0.1, 0.15) is 0 Å². The summed E-state index contributed by atoms with van der Waals surface area (Å²) in [5.74, 6) is 0. The highest BCUT2D eigenvalue weighted by atomic mass is 79.9. The monoisotopic (exact) mass is 329 g/mol. The Morgan fingerprint density at radius 3 is 2.25 bits per heavy atom. The van der Waals surface area contributed by atoms with Crippen molar-refractivity contribution in [2.75, 3.05) is 13.1 Å². The van der Waals surface area contributed by atoms with Gasteiger partial charge in [-0.25, -0.2) is 0 Å². The lowest BCUT2D eigenvalue weighted by atomic mass is 9.71. The third-order valence-electron chi connectivity index (χ3n) is 4.50. The van der Waals surface area contributed by atoms with E-state index in [2.05, 4.69) is 77.6 Å². The molecule has 0 aliphatic carbocycles. The fraction of sp³-hybridized carbons (Fsp3) is 0.333. The van der Waals surface area contributed by atoms with Crippen molar-refractivity contribution in [3.05, 3.63) is 69.2 Å². The lowest BCUT2D eigenvalue weighted by Crippen LogP contribution is -2.58. The molecule has 1 nitrogen and oxygen atoms in total. The lowest BCUT2D eigenvalue weighted by molar-refractivity contribution is 0.274. The quantitative estimate of drug-likeness (QED) is 0.891. The first-order chi connectivity index (χ1) is 9.59. The first kappa shape index (κ1) is 13.8. The third-order valence-corrected chi connectivity index (χ3v) is 5.03. The van der Waals surface area contributed by atoms with Crippen LogP contribution in [-0.2, 0) is 11.8 Å². The van der Waals surface area contributed by atoms with Crippen molar-refractivity contribution in [1.29, 1.82) is 0 Å². The molecule has 1 fully saturated rings. The van der Waals surface area contributed by atoms with Gasteiger partial charge in [0, 0.05) is 23.0 Å². The minimum Gasteiger partial charge on any atom is -0.315 e. The number of hydrogen-bond donors (Lipinski definition) is 1. The second kappa shape index (κ2) is 5.34. The molecule has 1 aliphatic heterocycles. The molecule has 0 spiro atoms. The highest BCUT2D eigenvalue weighted by Crippen LogP contribution is 2.33. The zero-order valence-electron chi connectivity index (χ0n) is 12.0. The summed E-state index contributed by atoms with van der Waals surface area (Å²) in [7, 11) is 0. The van der Waals surface area contributed by atoms with Crippen LogP contribution >= 0.6 is 15.9 Å². The van der Waals surface area contributed by atoms with E-state index in [9.17, 15) is 0 Å². The van der Waals surface area contributed by atoms with E-state index in [-0.39, 0.29) is 5.41 Å². The largest absolute Gasteiger partial charge is 0.315 e. The Bertz CT molecular complexity index is 612. The standard InChI is InChI=1S/C18H20BrN/c1-13-3-4-15(9-14(13)2)10-18(11-20-12-18)16-5-7-17(19)8-6-16/h3-9,20H,10-12H2,1-2H3. The van der Waals surface area contributed by atoms with Gasteiger partial charge in [0.05, 0.1) is 0 Å². The Hall–Kier alpha value is -1.12. The Kier molecular flexibility index (Phi) is 3.70. The Morgan fingerprint density at radius 1 is 1.00 bits per heavy atom. The molecule has 0 aromatic heterocycles. The molecule has 20 heavy (non-hydrogen) atoms. The predicted molar refractivity (Wildman–Crippen MR) is 88.3 cm³/mol. The Labute approximate surface area is 129 Å². The maximum atomic E-state index is 3.52. The summed E-state index contributed by atoms with van der Waals surface area (Å²) in [4.78, 5) is 0. The van der Waals surface area contributed by atoms with E-state index in [1.807, 2.05) is 0 Å². The minimum atomic E-state index is 0.266. The van der Waals surface area contributed by atoms with E-state index in [0.717, 1.165) is 24.0 Å². The molecule has 0 atom stereocenters. The lowest BCUT2D eigenvalue weighted by Gasteiger charge is -2.43. The number of hydrogen-bond acceptors (Lipinski definition) is 1. The van der Waals surface area contributed by atoms with Crippen molar-refractivity contribution in [2.45, 2.75) is 25.7 Å². The van der Waals surface area contributed by atoms with Gasteiger partial charge in [-0.1, -0.05) is 46.3 Å². The normalized spacial score (nSPS) is 16.8. The molecule has 2 heteroatoms. The van der Waals surface area contributed by atoms with E-state index in [4.69, 9.17) is 0 Å². The fourth-order valence-electron chi connectivity index (χ4n) is 2.97. The number of nitrogens with one attached hydrogen (secondary N) is 1. The smallest absolute Gasteiger partial charge is 0.0242 e. The van der Waals surface area contributed by atoms with Crippen LogP contribution in [0, 0.1) is 13.8 Å². The van der Waals surface area contributed by atoms with Crippen molar-refractivity contribution in [1.82, 2.24) is 5.32 Å². The van der Waals surface area contributed by atoms with Crippen molar-refractivity contribution in [3.8, 4) is 0 Å². The summed E-state index contributed by atoms with van der Waals surface area (Å²) in [5, 5.41) is 3.45. The maximum absolute atomic E-state index is 3.52. The molecule has 0 bridgehead atoms. The minimum absolute atomic E-state index is 0.266. The number of aryl methyl sites for hydroxylation is 2. The highest BCUT2D eigenvalue weighted by Gasteiger charge is 2.38. The van der Waals surface area contributed by atoms with Crippen LogP contribution in [0.1, 0.15) is 22.3 Å². The van der Waals surface area contributed by atoms with Gasteiger partial charge in [-0.3, -0.25) is 0 Å². The summed E-state index contributed by atoms with van der Waals surface area (Å²) < 4.78 is 1.15. The molecule has 1 N–H and O–H groups in total. The molecular weight excluding hydrogens is 310 g/mol. The first-order valence-corrected chi connectivity index (χ1v) is 7.91. The second-order valence-corrected chi connectivity index (χ2v) is 6.90. The molecule has 3 rings (SSSR count). The average molecular weight is 330 g/mol. The molecule has 0 amide bonds. The zero-order chi connectivity index (χ0) is 14.2. The van der Waals surface area contributed by atoms with Crippen molar-refractivity contribution in [3.63, 3.8) is 0 Å². The van der Waals surface area contributed by atoms with Crippen LogP contribution in [0.3, 0.4) is 0 Å². The molecule has 1 heterocycles.